The predicted molar refractivity (Wildman–Crippen MR) is 103 cm³/mol. The minimum atomic E-state index is 0.188. The number of nitrogens with zero attached hydrogens (tertiary/aromatic N) is 2. The fourth-order valence-corrected chi connectivity index (χ4v) is 4.68. The van der Waals surface area contributed by atoms with E-state index in [1.54, 1.807) is 0 Å². The third-order valence-electron chi connectivity index (χ3n) is 6.16. The van der Waals surface area contributed by atoms with Crippen molar-refractivity contribution < 1.29 is 4.79 Å². The summed E-state index contributed by atoms with van der Waals surface area (Å²) in [7, 11) is 0. The van der Waals surface area contributed by atoms with E-state index in [0.717, 1.165) is 54.5 Å². The number of fused-ring (bicyclic) bond motifs is 1. The van der Waals surface area contributed by atoms with Crippen molar-refractivity contribution in [2.75, 3.05) is 26.2 Å². The van der Waals surface area contributed by atoms with Gasteiger partial charge in [-0.15, -0.1) is 0 Å². The van der Waals surface area contributed by atoms with E-state index in [1.807, 2.05) is 29.2 Å². The van der Waals surface area contributed by atoms with Crippen molar-refractivity contribution in [3.63, 3.8) is 0 Å². The molecule has 2 unspecified atom stereocenters. The van der Waals surface area contributed by atoms with Crippen LogP contribution in [-0.2, 0) is 0 Å². The standard InChI is InChI=1S/C22H28N2O/c1-17-7-2-5-12-21(17)23-13-15-24(16-14-23)22(25)20-11-6-9-18-8-3-4-10-19(18)20/h3-4,6,8-11,17,21H,2,5,7,12-16H2,1H3. The van der Waals surface area contributed by atoms with E-state index in [9.17, 15) is 4.79 Å². The monoisotopic (exact) mass is 336 g/mol. The van der Waals surface area contributed by atoms with Crippen molar-refractivity contribution >= 4 is 16.7 Å². The average Bonchev–Trinajstić information content (AvgIpc) is 2.67. The number of hydrogen-bond donors (Lipinski definition) is 0. The summed E-state index contributed by atoms with van der Waals surface area (Å²) < 4.78 is 0. The summed E-state index contributed by atoms with van der Waals surface area (Å²) in [5.74, 6) is 0.988. The van der Waals surface area contributed by atoms with Crippen LogP contribution < -0.4 is 0 Å². The topological polar surface area (TPSA) is 23.6 Å². The molecule has 1 saturated carbocycles. The lowest BCUT2D eigenvalue weighted by Crippen LogP contribution is -2.54. The van der Waals surface area contributed by atoms with Crippen LogP contribution in [0, 0.1) is 5.92 Å². The number of carbonyl (C=O) groups excluding carboxylic acids is 1. The molecule has 0 bridgehead atoms. The summed E-state index contributed by atoms with van der Waals surface area (Å²) in [6, 6.07) is 15.0. The number of hydrogen-bond acceptors (Lipinski definition) is 2. The van der Waals surface area contributed by atoms with Gasteiger partial charge in [0, 0.05) is 37.8 Å². The van der Waals surface area contributed by atoms with Crippen LogP contribution in [0.3, 0.4) is 0 Å². The highest BCUT2D eigenvalue weighted by Crippen LogP contribution is 2.29. The molecule has 2 aliphatic rings. The summed E-state index contributed by atoms with van der Waals surface area (Å²) >= 11 is 0. The molecule has 1 amide bonds. The zero-order valence-electron chi connectivity index (χ0n) is 15.2. The SMILES string of the molecule is CC1CCCCC1N1CCN(C(=O)c2cccc3ccccc23)CC1. The second kappa shape index (κ2) is 7.17. The van der Waals surface area contributed by atoms with Gasteiger partial charge in [0.25, 0.3) is 5.91 Å². The molecule has 0 radical (unpaired) electrons. The molecule has 25 heavy (non-hydrogen) atoms. The first-order valence-electron chi connectivity index (χ1n) is 9.75. The van der Waals surface area contributed by atoms with Gasteiger partial charge in [-0.25, -0.2) is 0 Å². The Morgan fingerprint density at radius 2 is 1.64 bits per heavy atom. The maximum Gasteiger partial charge on any atom is 0.254 e. The lowest BCUT2D eigenvalue weighted by molar-refractivity contribution is 0.0424. The van der Waals surface area contributed by atoms with Crippen molar-refractivity contribution in [3.8, 4) is 0 Å². The molecular weight excluding hydrogens is 308 g/mol. The van der Waals surface area contributed by atoms with Crippen LogP contribution in [-0.4, -0.2) is 47.9 Å². The fourth-order valence-electron chi connectivity index (χ4n) is 4.68. The molecule has 0 spiro atoms. The van der Waals surface area contributed by atoms with Crippen LogP contribution in [0.2, 0.25) is 0 Å². The Morgan fingerprint density at radius 3 is 2.44 bits per heavy atom. The summed E-state index contributed by atoms with van der Waals surface area (Å²) in [5.41, 5.74) is 0.845. The van der Waals surface area contributed by atoms with Crippen molar-refractivity contribution in [1.82, 2.24) is 9.80 Å². The molecule has 1 saturated heterocycles. The van der Waals surface area contributed by atoms with E-state index in [-0.39, 0.29) is 5.91 Å². The minimum Gasteiger partial charge on any atom is -0.336 e. The summed E-state index contributed by atoms with van der Waals surface area (Å²) in [5, 5.41) is 2.21. The second-order valence-corrected chi connectivity index (χ2v) is 7.68. The maximum atomic E-state index is 13.1. The lowest BCUT2D eigenvalue weighted by atomic mass is 9.84. The van der Waals surface area contributed by atoms with Crippen LogP contribution >= 0.6 is 0 Å². The van der Waals surface area contributed by atoms with Gasteiger partial charge in [0.1, 0.15) is 0 Å². The first-order chi connectivity index (χ1) is 12.2. The molecule has 4 rings (SSSR count). The molecule has 132 valence electrons. The van der Waals surface area contributed by atoms with Gasteiger partial charge in [0.15, 0.2) is 0 Å². The van der Waals surface area contributed by atoms with E-state index in [2.05, 4.69) is 30.0 Å². The van der Waals surface area contributed by atoms with Crippen LogP contribution in [0.15, 0.2) is 42.5 Å². The van der Waals surface area contributed by atoms with Crippen molar-refractivity contribution in [1.29, 1.82) is 0 Å². The molecule has 1 aliphatic heterocycles. The second-order valence-electron chi connectivity index (χ2n) is 7.68. The average molecular weight is 336 g/mol. The van der Waals surface area contributed by atoms with Gasteiger partial charge in [-0.1, -0.05) is 56.2 Å². The van der Waals surface area contributed by atoms with Gasteiger partial charge in [-0.2, -0.15) is 0 Å². The maximum absolute atomic E-state index is 13.1. The van der Waals surface area contributed by atoms with Gasteiger partial charge in [-0.3, -0.25) is 9.69 Å². The Kier molecular flexibility index (Phi) is 4.76. The van der Waals surface area contributed by atoms with E-state index in [0.29, 0.717) is 0 Å². The molecule has 3 heteroatoms. The number of rotatable bonds is 2. The summed E-state index contributed by atoms with van der Waals surface area (Å²) in [6.07, 6.45) is 5.44. The zero-order chi connectivity index (χ0) is 17.2. The van der Waals surface area contributed by atoms with E-state index in [1.165, 1.54) is 25.7 Å². The smallest absolute Gasteiger partial charge is 0.254 e. The molecular formula is C22H28N2O. The fraction of sp³-hybridized carbons (Fsp3) is 0.500. The van der Waals surface area contributed by atoms with Gasteiger partial charge in [0.05, 0.1) is 0 Å². The van der Waals surface area contributed by atoms with Crippen LogP contribution in [0.1, 0.15) is 43.0 Å². The molecule has 1 aliphatic carbocycles. The number of benzene rings is 2. The van der Waals surface area contributed by atoms with Crippen molar-refractivity contribution in [3.05, 3.63) is 48.0 Å². The van der Waals surface area contributed by atoms with Gasteiger partial charge < -0.3 is 4.90 Å². The third-order valence-corrected chi connectivity index (χ3v) is 6.16. The van der Waals surface area contributed by atoms with Gasteiger partial charge >= 0.3 is 0 Å². The highest BCUT2D eigenvalue weighted by molar-refractivity contribution is 6.07. The minimum absolute atomic E-state index is 0.188. The van der Waals surface area contributed by atoms with Crippen molar-refractivity contribution in [2.24, 2.45) is 5.92 Å². The largest absolute Gasteiger partial charge is 0.336 e. The molecule has 3 nitrogen and oxygen atoms in total. The zero-order valence-corrected chi connectivity index (χ0v) is 15.2. The lowest BCUT2D eigenvalue weighted by Gasteiger charge is -2.43. The number of amides is 1. The Morgan fingerprint density at radius 1 is 0.920 bits per heavy atom. The Balaban J connectivity index is 1.46. The Hall–Kier alpha value is -1.87. The van der Waals surface area contributed by atoms with Crippen molar-refractivity contribution in [2.45, 2.75) is 38.6 Å². The quantitative estimate of drug-likeness (QED) is 0.821. The van der Waals surface area contributed by atoms with Crippen LogP contribution in [0.4, 0.5) is 0 Å². The summed E-state index contributed by atoms with van der Waals surface area (Å²) in [6.45, 7) is 6.14. The molecule has 2 aromatic carbocycles. The Labute approximate surface area is 150 Å². The molecule has 1 heterocycles. The molecule has 0 N–H and O–H groups in total. The van der Waals surface area contributed by atoms with E-state index < -0.39 is 0 Å². The predicted octanol–water partition coefficient (Wildman–Crippen LogP) is 4.18. The van der Waals surface area contributed by atoms with Crippen LogP contribution in [0.25, 0.3) is 10.8 Å². The van der Waals surface area contributed by atoms with Gasteiger partial charge in [-0.05, 0) is 35.6 Å². The molecule has 2 atom stereocenters. The molecule has 2 fully saturated rings. The molecule has 0 aromatic heterocycles. The van der Waals surface area contributed by atoms with Gasteiger partial charge in [0.2, 0.25) is 0 Å². The van der Waals surface area contributed by atoms with E-state index in [4.69, 9.17) is 0 Å². The van der Waals surface area contributed by atoms with Crippen LogP contribution in [0.5, 0.6) is 0 Å². The first kappa shape index (κ1) is 16.6. The number of piperazine rings is 1. The highest BCUT2D eigenvalue weighted by atomic mass is 16.2. The molecule has 2 aromatic rings. The third kappa shape index (κ3) is 3.30. The highest BCUT2D eigenvalue weighted by Gasteiger charge is 2.31. The first-order valence-corrected chi connectivity index (χ1v) is 9.75. The Bertz CT molecular complexity index is 743. The summed E-state index contributed by atoms with van der Waals surface area (Å²) in [4.78, 5) is 17.8. The normalized spacial score (nSPS) is 25.2. The number of carbonyl (C=O) groups is 1. The van der Waals surface area contributed by atoms with E-state index >= 15 is 0 Å².